The second-order valence-electron chi connectivity index (χ2n) is 4.41. The molecular formula is C15H19N3O2. The summed E-state index contributed by atoms with van der Waals surface area (Å²) in [6.45, 7) is 4.65. The summed E-state index contributed by atoms with van der Waals surface area (Å²) in [6.07, 6.45) is 0.705. The number of imidazole rings is 1. The van der Waals surface area contributed by atoms with Gasteiger partial charge >= 0.3 is 5.97 Å². The monoisotopic (exact) mass is 273 g/mol. The average molecular weight is 273 g/mol. The number of nitrogens with zero attached hydrogens (tertiary/aromatic N) is 2. The van der Waals surface area contributed by atoms with E-state index in [-0.39, 0.29) is 5.69 Å². The summed E-state index contributed by atoms with van der Waals surface area (Å²) in [7, 11) is 0. The molecule has 0 spiro atoms. The first kappa shape index (κ1) is 14.1. The molecule has 20 heavy (non-hydrogen) atoms. The molecule has 1 aromatic carbocycles. The van der Waals surface area contributed by atoms with Crippen LogP contribution < -0.4 is 5.73 Å². The molecule has 0 aliphatic carbocycles. The maximum absolute atomic E-state index is 11.8. The number of nitrogens with two attached hydrogens (primary N) is 1. The highest BCUT2D eigenvalue weighted by Gasteiger charge is 2.20. The predicted octanol–water partition coefficient (Wildman–Crippen LogP) is 2.25. The van der Waals surface area contributed by atoms with Crippen molar-refractivity contribution in [1.29, 1.82) is 0 Å². The first-order chi connectivity index (χ1) is 9.67. The van der Waals surface area contributed by atoms with Crippen LogP contribution in [-0.4, -0.2) is 22.1 Å². The number of hydrogen-bond donors (Lipinski definition) is 1. The highest BCUT2D eigenvalue weighted by molar-refractivity contribution is 5.92. The topological polar surface area (TPSA) is 70.1 Å². The van der Waals surface area contributed by atoms with Crippen molar-refractivity contribution >= 4 is 11.8 Å². The Labute approximate surface area is 118 Å². The number of aromatic nitrogens is 2. The average Bonchev–Trinajstić information content (AvgIpc) is 2.77. The van der Waals surface area contributed by atoms with Crippen LogP contribution in [0.25, 0.3) is 0 Å². The summed E-state index contributed by atoms with van der Waals surface area (Å²) in [6, 6.07) is 9.94. The number of benzene rings is 1. The number of ether oxygens (including phenoxy) is 1. The van der Waals surface area contributed by atoms with Gasteiger partial charge in [-0.1, -0.05) is 37.3 Å². The van der Waals surface area contributed by atoms with Gasteiger partial charge in [-0.3, -0.25) is 0 Å². The van der Waals surface area contributed by atoms with E-state index in [2.05, 4.69) is 4.98 Å². The highest BCUT2D eigenvalue weighted by Crippen LogP contribution is 2.18. The van der Waals surface area contributed by atoms with Crippen LogP contribution >= 0.6 is 0 Å². The van der Waals surface area contributed by atoms with Gasteiger partial charge in [-0.15, -0.1) is 0 Å². The van der Waals surface area contributed by atoms with Crippen LogP contribution in [0.4, 0.5) is 5.82 Å². The SMILES string of the molecule is CCOC(=O)c1nc(CC)n(Cc2ccccc2)c1N. The smallest absolute Gasteiger partial charge is 0.360 e. The van der Waals surface area contributed by atoms with Crippen molar-refractivity contribution in [3.05, 3.63) is 47.4 Å². The quantitative estimate of drug-likeness (QED) is 0.848. The molecule has 106 valence electrons. The van der Waals surface area contributed by atoms with Crippen LogP contribution in [0.3, 0.4) is 0 Å². The fourth-order valence-corrected chi connectivity index (χ4v) is 2.08. The van der Waals surface area contributed by atoms with E-state index in [1.807, 2.05) is 41.8 Å². The number of carbonyl (C=O) groups excluding carboxylic acids is 1. The van der Waals surface area contributed by atoms with Crippen molar-refractivity contribution in [2.75, 3.05) is 12.3 Å². The Morgan fingerprint density at radius 3 is 2.60 bits per heavy atom. The molecule has 1 heterocycles. The van der Waals surface area contributed by atoms with Gasteiger partial charge in [-0.2, -0.15) is 0 Å². The maximum atomic E-state index is 11.8. The van der Waals surface area contributed by atoms with E-state index in [0.717, 1.165) is 11.4 Å². The molecule has 0 saturated carbocycles. The number of anilines is 1. The van der Waals surface area contributed by atoms with Gasteiger partial charge in [0.2, 0.25) is 0 Å². The summed E-state index contributed by atoms with van der Waals surface area (Å²) >= 11 is 0. The summed E-state index contributed by atoms with van der Waals surface area (Å²) in [5.41, 5.74) is 7.38. The van der Waals surface area contributed by atoms with Crippen LogP contribution in [-0.2, 0) is 17.7 Å². The molecule has 0 aliphatic heterocycles. The molecule has 0 saturated heterocycles. The summed E-state index contributed by atoms with van der Waals surface area (Å²) in [5, 5.41) is 0. The van der Waals surface area contributed by atoms with Gasteiger partial charge in [-0.25, -0.2) is 9.78 Å². The third-order valence-corrected chi connectivity index (χ3v) is 3.05. The number of rotatable bonds is 5. The van der Waals surface area contributed by atoms with Crippen LogP contribution in [0, 0.1) is 0 Å². The Balaban J connectivity index is 2.35. The third-order valence-electron chi connectivity index (χ3n) is 3.05. The Morgan fingerprint density at radius 1 is 1.30 bits per heavy atom. The largest absolute Gasteiger partial charge is 0.461 e. The summed E-state index contributed by atoms with van der Waals surface area (Å²) < 4.78 is 6.84. The van der Waals surface area contributed by atoms with Crippen molar-refractivity contribution in [2.45, 2.75) is 26.8 Å². The predicted molar refractivity (Wildman–Crippen MR) is 77.5 cm³/mol. The standard InChI is InChI=1S/C15H19N3O2/c1-3-12-17-13(15(19)20-4-2)14(16)18(12)10-11-8-6-5-7-9-11/h5-9H,3-4,10,16H2,1-2H3. The number of hydrogen-bond acceptors (Lipinski definition) is 4. The van der Waals surface area contributed by atoms with Gasteiger partial charge in [0.1, 0.15) is 11.6 Å². The lowest BCUT2D eigenvalue weighted by Gasteiger charge is -2.08. The van der Waals surface area contributed by atoms with E-state index in [1.54, 1.807) is 6.92 Å². The molecule has 2 rings (SSSR count). The molecule has 0 unspecified atom stereocenters. The Hall–Kier alpha value is -2.30. The van der Waals surface area contributed by atoms with Gasteiger partial charge in [0, 0.05) is 6.42 Å². The van der Waals surface area contributed by atoms with Gasteiger partial charge in [0.05, 0.1) is 13.2 Å². The lowest BCUT2D eigenvalue weighted by atomic mass is 10.2. The molecule has 0 bridgehead atoms. The number of nitrogen functional groups attached to an aromatic ring is 1. The van der Waals surface area contributed by atoms with Crippen molar-refractivity contribution in [3.63, 3.8) is 0 Å². The van der Waals surface area contributed by atoms with Crippen molar-refractivity contribution < 1.29 is 9.53 Å². The van der Waals surface area contributed by atoms with Gasteiger partial charge < -0.3 is 15.0 Å². The van der Waals surface area contributed by atoms with E-state index in [4.69, 9.17) is 10.5 Å². The summed E-state index contributed by atoms with van der Waals surface area (Å²) in [4.78, 5) is 16.1. The lowest BCUT2D eigenvalue weighted by Crippen LogP contribution is -2.11. The van der Waals surface area contributed by atoms with E-state index >= 15 is 0 Å². The molecule has 2 aromatic rings. The van der Waals surface area contributed by atoms with Crippen LogP contribution in [0.5, 0.6) is 0 Å². The Morgan fingerprint density at radius 2 is 2.00 bits per heavy atom. The molecule has 1 aromatic heterocycles. The minimum atomic E-state index is -0.466. The van der Waals surface area contributed by atoms with E-state index < -0.39 is 5.97 Å². The van der Waals surface area contributed by atoms with Crippen LogP contribution in [0.2, 0.25) is 0 Å². The second-order valence-corrected chi connectivity index (χ2v) is 4.41. The van der Waals surface area contributed by atoms with E-state index in [1.165, 1.54) is 0 Å². The molecule has 0 aliphatic rings. The highest BCUT2D eigenvalue weighted by atomic mass is 16.5. The molecule has 5 nitrogen and oxygen atoms in total. The summed E-state index contributed by atoms with van der Waals surface area (Å²) in [5.74, 6) is 0.685. The van der Waals surface area contributed by atoms with E-state index in [9.17, 15) is 4.79 Å². The van der Waals surface area contributed by atoms with Crippen molar-refractivity contribution in [2.24, 2.45) is 0 Å². The number of esters is 1. The zero-order valence-electron chi connectivity index (χ0n) is 11.8. The molecule has 5 heteroatoms. The fraction of sp³-hybridized carbons (Fsp3) is 0.333. The molecule has 0 radical (unpaired) electrons. The third kappa shape index (κ3) is 2.82. The zero-order chi connectivity index (χ0) is 14.5. The molecule has 2 N–H and O–H groups in total. The van der Waals surface area contributed by atoms with Gasteiger partial charge in [-0.05, 0) is 12.5 Å². The van der Waals surface area contributed by atoms with Crippen LogP contribution in [0.15, 0.2) is 30.3 Å². The first-order valence-electron chi connectivity index (χ1n) is 6.73. The fourth-order valence-electron chi connectivity index (χ4n) is 2.08. The molecule has 0 fully saturated rings. The maximum Gasteiger partial charge on any atom is 0.360 e. The molecule has 0 amide bonds. The Kier molecular flexibility index (Phi) is 4.40. The minimum absolute atomic E-state index is 0.208. The van der Waals surface area contributed by atoms with Crippen molar-refractivity contribution in [3.8, 4) is 0 Å². The Bertz CT molecular complexity index is 591. The first-order valence-corrected chi connectivity index (χ1v) is 6.73. The molecular weight excluding hydrogens is 254 g/mol. The van der Waals surface area contributed by atoms with Gasteiger partial charge in [0.25, 0.3) is 0 Å². The van der Waals surface area contributed by atoms with Gasteiger partial charge in [0.15, 0.2) is 5.69 Å². The van der Waals surface area contributed by atoms with E-state index in [0.29, 0.717) is 25.4 Å². The zero-order valence-corrected chi connectivity index (χ0v) is 11.8. The second kappa shape index (κ2) is 6.23. The van der Waals surface area contributed by atoms with Crippen molar-refractivity contribution in [1.82, 2.24) is 9.55 Å². The molecule has 0 atom stereocenters. The lowest BCUT2D eigenvalue weighted by molar-refractivity contribution is 0.0521. The number of carbonyl (C=O) groups is 1. The van der Waals surface area contributed by atoms with Crippen LogP contribution in [0.1, 0.15) is 35.7 Å². The number of aryl methyl sites for hydroxylation is 1. The minimum Gasteiger partial charge on any atom is -0.461 e. The normalized spacial score (nSPS) is 10.5.